The molecule has 2 rings (SSSR count). The van der Waals surface area contributed by atoms with Gasteiger partial charge in [-0.05, 0) is 24.1 Å². The molecule has 0 N–H and O–H groups in total. The summed E-state index contributed by atoms with van der Waals surface area (Å²) in [5.74, 6) is 0.941. The zero-order valence-electron chi connectivity index (χ0n) is 9.87. The van der Waals surface area contributed by atoms with Gasteiger partial charge in [0.05, 0.1) is 5.70 Å². The molecule has 0 atom stereocenters. The third-order valence-corrected chi connectivity index (χ3v) is 3.04. The summed E-state index contributed by atoms with van der Waals surface area (Å²) in [6, 6.07) is 5.53. The van der Waals surface area contributed by atoms with Crippen LogP contribution in [0.15, 0.2) is 29.3 Å². The number of ether oxygens (including phenoxy) is 1. The fourth-order valence-corrected chi connectivity index (χ4v) is 2.13. The highest BCUT2D eigenvalue weighted by Crippen LogP contribution is 2.35. The van der Waals surface area contributed by atoms with Gasteiger partial charge in [-0.3, -0.25) is 4.90 Å². The first-order valence-corrected chi connectivity index (χ1v) is 6.26. The minimum absolute atomic E-state index is 0.349. The Labute approximate surface area is 109 Å². The molecule has 0 aliphatic carbocycles. The van der Waals surface area contributed by atoms with Crippen LogP contribution in [0.4, 0.5) is 4.79 Å². The molecule has 1 aromatic rings. The van der Waals surface area contributed by atoms with Gasteiger partial charge in [-0.25, -0.2) is 4.79 Å². The van der Waals surface area contributed by atoms with Crippen molar-refractivity contribution in [3.8, 4) is 5.75 Å². The Morgan fingerprint density at radius 3 is 2.82 bits per heavy atom. The van der Waals surface area contributed by atoms with Crippen molar-refractivity contribution in [2.24, 2.45) is 5.92 Å². The van der Waals surface area contributed by atoms with Crippen LogP contribution in [0.5, 0.6) is 5.75 Å². The Kier molecular flexibility index (Phi) is 3.24. The van der Waals surface area contributed by atoms with E-state index in [1.807, 2.05) is 12.1 Å². The molecule has 1 aliphatic heterocycles. The van der Waals surface area contributed by atoms with Crippen molar-refractivity contribution in [3.63, 3.8) is 0 Å². The van der Waals surface area contributed by atoms with Gasteiger partial charge in [0.25, 0.3) is 0 Å². The van der Waals surface area contributed by atoms with Crippen molar-refractivity contribution in [1.82, 2.24) is 4.90 Å². The number of carbonyl (C=O) groups is 1. The van der Waals surface area contributed by atoms with Crippen LogP contribution < -0.4 is 4.74 Å². The molecular weight excluding hydrogens is 282 g/mol. The van der Waals surface area contributed by atoms with Crippen LogP contribution in [0.1, 0.15) is 19.4 Å². The van der Waals surface area contributed by atoms with E-state index >= 15 is 0 Å². The fraction of sp³-hybridized carbons (Fsp3) is 0.308. The van der Waals surface area contributed by atoms with Gasteiger partial charge in [-0.2, -0.15) is 0 Å². The molecule has 0 radical (unpaired) electrons. The lowest BCUT2D eigenvalue weighted by Gasteiger charge is -2.31. The van der Waals surface area contributed by atoms with E-state index in [2.05, 4.69) is 36.4 Å². The van der Waals surface area contributed by atoms with Crippen LogP contribution in [-0.4, -0.2) is 17.5 Å². The number of nitrogens with zero attached hydrogens (tertiary/aromatic N) is 1. The summed E-state index contributed by atoms with van der Waals surface area (Å²) in [6.45, 7) is 8.71. The molecule has 1 aliphatic rings. The molecule has 0 spiro atoms. The lowest BCUT2D eigenvalue weighted by atomic mass is 10.1. The number of hydrogen-bond donors (Lipinski definition) is 0. The number of amides is 1. The minimum Gasteiger partial charge on any atom is -0.409 e. The van der Waals surface area contributed by atoms with E-state index in [1.54, 1.807) is 11.0 Å². The summed E-state index contributed by atoms with van der Waals surface area (Å²) >= 11 is 3.40. The molecule has 4 heteroatoms. The second kappa shape index (κ2) is 4.53. The molecule has 3 nitrogen and oxygen atoms in total. The lowest BCUT2D eigenvalue weighted by molar-refractivity contribution is 0.164. The fourth-order valence-electron chi connectivity index (χ4n) is 1.77. The highest BCUT2D eigenvalue weighted by Gasteiger charge is 2.28. The van der Waals surface area contributed by atoms with Gasteiger partial charge in [-0.1, -0.05) is 36.4 Å². The molecule has 0 saturated carbocycles. The Balaban J connectivity index is 2.38. The summed E-state index contributed by atoms with van der Waals surface area (Å²) in [5, 5.41) is 0. The van der Waals surface area contributed by atoms with Crippen LogP contribution in [-0.2, 0) is 0 Å². The van der Waals surface area contributed by atoms with E-state index in [0.717, 1.165) is 10.0 Å². The van der Waals surface area contributed by atoms with Crippen molar-refractivity contribution in [2.45, 2.75) is 13.8 Å². The molecule has 0 unspecified atom stereocenters. The molecule has 90 valence electrons. The normalized spacial score (nSPS) is 14.9. The van der Waals surface area contributed by atoms with Crippen molar-refractivity contribution in [2.75, 3.05) is 6.54 Å². The second-order valence-electron chi connectivity index (χ2n) is 4.46. The average molecular weight is 296 g/mol. The largest absolute Gasteiger partial charge is 0.419 e. The SMILES string of the molecule is C=C1c2cc(Br)ccc2OC(=O)N1CC(C)C. The van der Waals surface area contributed by atoms with Crippen molar-refractivity contribution in [1.29, 1.82) is 0 Å². The van der Waals surface area contributed by atoms with Crippen LogP contribution >= 0.6 is 15.9 Å². The van der Waals surface area contributed by atoms with E-state index in [9.17, 15) is 4.79 Å². The first-order chi connectivity index (χ1) is 7.99. The van der Waals surface area contributed by atoms with Gasteiger partial charge in [0, 0.05) is 16.6 Å². The van der Waals surface area contributed by atoms with E-state index in [1.165, 1.54) is 0 Å². The van der Waals surface area contributed by atoms with E-state index in [-0.39, 0.29) is 6.09 Å². The predicted molar refractivity (Wildman–Crippen MR) is 70.7 cm³/mol. The van der Waals surface area contributed by atoms with Crippen LogP contribution in [0, 0.1) is 5.92 Å². The molecule has 17 heavy (non-hydrogen) atoms. The molecule has 0 saturated heterocycles. The van der Waals surface area contributed by atoms with Gasteiger partial charge in [0.15, 0.2) is 0 Å². The maximum absolute atomic E-state index is 11.8. The highest BCUT2D eigenvalue weighted by atomic mass is 79.9. The molecule has 0 fully saturated rings. The Morgan fingerprint density at radius 2 is 2.18 bits per heavy atom. The van der Waals surface area contributed by atoms with Gasteiger partial charge < -0.3 is 4.74 Å². The summed E-state index contributed by atoms with van der Waals surface area (Å²) in [7, 11) is 0. The highest BCUT2D eigenvalue weighted by molar-refractivity contribution is 9.10. The number of rotatable bonds is 2. The van der Waals surface area contributed by atoms with E-state index in [0.29, 0.717) is 23.9 Å². The van der Waals surface area contributed by atoms with Crippen molar-refractivity contribution >= 4 is 27.7 Å². The maximum atomic E-state index is 11.8. The summed E-state index contributed by atoms with van der Waals surface area (Å²) < 4.78 is 6.22. The van der Waals surface area contributed by atoms with E-state index < -0.39 is 0 Å². The Morgan fingerprint density at radius 1 is 1.47 bits per heavy atom. The lowest BCUT2D eigenvalue weighted by Crippen LogP contribution is -2.37. The quantitative estimate of drug-likeness (QED) is 0.828. The minimum atomic E-state index is -0.349. The predicted octanol–water partition coefficient (Wildman–Crippen LogP) is 3.89. The Bertz CT molecular complexity index is 482. The molecule has 0 aromatic heterocycles. The zero-order valence-corrected chi connectivity index (χ0v) is 11.5. The van der Waals surface area contributed by atoms with Gasteiger partial charge in [0.2, 0.25) is 0 Å². The van der Waals surface area contributed by atoms with Crippen molar-refractivity contribution in [3.05, 3.63) is 34.8 Å². The monoisotopic (exact) mass is 295 g/mol. The van der Waals surface area contributed by atoms with Crippen LogP contribution in [0.2, 0.25) is 0 Å². The topological polar surface area (TPSA) is 29.5 Å². The summed E-state index contributed by atoms with van der Waals surface area (Å²) in [6.07, 6.45) is -0.349. The number of fused-ring (bicyclic) bond motifs is 1. The molecular formula is C13H14BrNO2. The number of carbonyl (C=O) groups excluding carboxylic acids is 1. The van der Waals surface area contributed by atoms with Crippen LogP contribution in [0.25, 0.3) is 5.70 Å². The molecule has 1 aromatic carbocycles. The standard InChI is InChI=1S/C13H14BrNO2/c1-8(2)7-15-9(3)11-6-10(14)4-5-12(11)17-13(15)16/h4-6,8H,3,7H2,1-2H3. The second-order valence-corrected chi connectivity index (χ2v) is 5.38. The maximum Gasteiger partial charge on any atom is 0.419 e. The van der Waals surface area contributed by atoms with Gasteiger partial charge in [0.1, 0.15) is 5.75 Å². The smallest absolute Gasteiger partial charge is 0.409 e. The number of hydrogen-bond acceptors (Lipinski definition) is 2. The third-order valence-electron chi connectivity index (χ3n) is 2.54. The van der Waals surface area contributed by atoms with Gasteiger partial charge in [-0.15, -0.1) is 0 Å². The van der Waals surface area contributed by atoms with Gasteiger partial charge >= 0.3 is 6.09 Å². The van der Waals surface area contributed by atoms with E-state index in [4.69, 9.17) is 4.74 Å². The van der Waals surface area contributed by atoms with Crippen LogP contribution in [0.3, 0.4) is 0 Å². The first-order valence-electron chi connectivity index (χ1n) is 5.47. The third kappa shape index (κ3) is 2.36. The molecule has 1 amide bonds. The summed E-state index contributed by atoms with van der Waals surface area (Å²) in [5.41, 5.74) is 1.56. The number of halogens is 1. The summed E-state index contributed by atoms with van der Waals surface area (Å²) in [4.78, 5) is 13.4. The van der Waals surface area contributed by atoms with Crippen molar-refractivity contribution < 1.29 is 9.53 Å². The molecule has 1 heterocycles. The number of benzene rings is 1. The zero-order chi connectivity index (χ0) is 12.6. The first kappa shape index (κ1) is 12.2. The Hall–Kier alpha value is -1.29. The average Bonchev–Trinajstić information content (AvgIpc) is 2.25. The molecule has 0 bridgehead atoms.